The van der Waals surface area contributed by atoms with Crippen LogP contribution in [0, 0.1) is 16.0 Å². The maximum absolute atomic E-state index is 13.7. The Bertz CT molecular complexity index is 829. The van der Waals surface area contributed by atoms with Crippen molar-refractivity contribution >= 4 is 17.5 Å². The van der Waals surface area contributed by atoms with E-state index < -0.39 is 4.92 Å². The van der Waals surface area contributed by atoms with E-state index in [0.29, 0.717) is 49.6 Å². The SMILES string of the molecule is C[C@H]1CCCCN1C(=O)[C@@H](C1CCCC1)N1CCN(C(=O)c2ccc([N+](=O)[O-])cc2)CC1. The smallest absolute Gasteiger partial charge is 0.269 e. The number of amides is 2. The third kappa shape index (κ3) is 4.80. The highest BCUT2D eigenvalue weighted by Crippen LogP contribution is 2.33. The molecule has 1 aromatic carbocycles. The van der Waals surface area contributed by atoms with Crippen LogP contribution in [0.4, 0.5) is 5.69 Å². The molecule has 32 heavy (non-hydrogen) atoms. The van der Waals surface area contributed by atoms with E-state index in [1.54, 1.807) is 4.90 Å². The molecule has 174 valence electrons. The average molecular weight is 443 g/mol. The van der Waals surface area contributed by atoms with E-state index in [9.17, 15) is 19.7 Å². The molecule has 3 aliphatic rings. The number of piperazine rings is 1. The number of benzene rings is 1. The molecule has 4 rings (SSSR count). The zero-order valence-electron chi connectivity index (χ0n) is 18.9. The molecule has 1 aliphatic carbocycles. The van der Waals surface area contributed by atoms with Crippen LogP contribution in [0.25, 0.3) is 0 Å². The van der Waals surface area contributed by atoms with Crippen LogP contribution in [-0.2, 0) is 4.79 Å². The summed E-state index contributed by atoms with van der Waals surface area (Å²) in [6.45, 7) is 5.55. The van der Waals surface area contributed by atoms with Crippen molar-refractivity contribution < 1.29 is 14.5 Å². The molecule has 0 unspecified atom stereocenters. The van der Waals surface area contributed by atoms with Gasteiger partial charge in [-0.05, 0) is 57.1 Å². The molecule has 2 atom stereocenters. The largest absolute Gasteiger partial charge is 0.339 e. The average Bonchev–Trinajstić information content (AvgIpc) is 3.34. The van der Waals surface area contributed by atoms with Gasteiger partial charge in [0.15, 0.2) is 0 Å². The number of nitro groups is 1. The molecule has 2 aliphatic heterocycles. The second-order valence-electron chi connectivity index (χ2n) is 9.50. The van der Waals surface area contributed by atoms with Crippen molar-refractivity contribution in [3.8, 4) is 0 Å². The van der Waals surface area contributed by atoms with Crippen LogP contribution in [0.1, 0.15) is 62.2 Å². The van der Waals surface area contributed by atoms with Crippen molar-refractivity contribution in [2.75, 3.05) is 32.7 Å². The zero-order valence-corrected chi connectivity index (χ0v) is 18.9. The van der Waals surface area contributed by atoms with Crippen LogP contribution in [0.3, 0.4) is 0 Å². The summed E-state index contributed by atoms with van der Waals surface area (Å²) in [7, 11) is 0. The van der Waals surface area contributed by atoms with E-state index in [4.69, 9.17) is 0 Å². The number of carbonyl (C=O) groups is 2. The third-order valence-corrected chi connectivity index (χ3v) is 7.51. The molecular weight excluding hydrogens is 408 g/mol. The lowest BCUT2D eigenvalue weighted by atomic mass is 9.92. The summed E-state index contributed by atoms with van der Waals surface area (Å²) in [5, 5.41) is 10.9. The van der Waals surface area contributed by atoms with Gasteiger partial charge in [0.25, 0.3) is 11.6 Å². The first-order chi connectivity index (χ1) is 15.5. The number of rotatable bonds is 5. The van der Waals surface area contributed by atoms with Gasteiger partial charge >= 0.3 is 0 Å². The van der Waals surface area contributed by atoms with Gasteiger partial charge in [-0.2, -0.15) is 0 Å². The van der Waals surface area contributed by atoms with E-state index >= 15 is 0 Å². The van der Waals surface area contributed by atoms with Gasteiger partial charge < -0.3 is 9.80 Å². The number of piperidine rings is 1. The van der Waals surface area contributed by atoms with E-state index in [2.05, 4.69) is 16.7 Å². The molecule has 2 saturated heterocycles. The Morgan fingerprint density at radius 3 is 2.16 bits per heavy atom. The Balaban J connectivity index is 1.42. The highest BCUT2D eigenvalue weighted by molar-refractivity contribution is 5.94. The minimum Gasteiger partial charge on any atom is -0.339 e. The minimum atomic E-state index is -0.462. The van der Waals surface area contributed by atoms with Gasteiger partial charge in [0.2, 0.25) is 5.91 Å². The quantitative estimate of drug-likeness (QED) is 0.516. The fraction of sp³-hybridized carbons (Fsp3) is 0.667. The molecule has 2 amide bonds. The van der Waals surface area contributed by atoms with E-state index in [1.165, 1.54) is 43.5 Å². The standard InChI is InChI=1S/C24H34N4O4/c1-18-6-4-5-13-27(18)24(30)22(19-7-2-3-8-19)25-14-16-26(17-15-25)23(29)20-9-11-21(12-10-20)28(31)32/h9-12,18-19,22H,2-8,13-17H2,1H3/t18-,22+/m0/s1. The summed E-state index contributed by atoms with van der Waals surface area (Å²) in [6, 6.07) is 6.03. The van der Waals surface area contributed by atoms with E-state index in [1.807, 2.05) is 0 Å². The Hall–Kier alpha value is -2.48. The van der Waals surface area contributed by atoms with Gasteiger partial charge in [-0.1, -0.05) is 12.8 Å². The van der Waals surface area contributed by atoms with Gasteiger partial charge in [0.05, 0.1) is 11.0 Å². The van der Waals surface area contributed by atoms with Crippen molar-refractivity contribution in [2.45, 2.75) is 64.0 Å². The summed E-state index contributed by atoms with van der Waals surface area (Å²) in [5.74, 6) is 0.598. The van der Waals surface area contributed by atoms with Crippen molar-refractivity contribution in [2.24, 2.45) is 5.92 Å². The number of nitro benzene ring substituents is 1. The lowest BCUT2D eigenvalue weighted by Gasteiger charge is -2.44. The van der Waals surface area contributed by atoms with Gasteiger partial charge in [-0.25, -0.2) is 0 Å². The highest BCUT2D eigenvalue weighted by atomic mass is 16.6. The predicted molar refractivity (Wildman–Crippen MR) is 121 cm³/mol. The summed E-state index contributed by atoms with van der Waals surface area (Å²) in [6.07, 6.45) is 7.99. The topological polar surface area (TPSA) is 87.0 Å². The van der Waals surface area contributed by atoms with E-state index in [0.717, 1.165) is 32.2 Å². The molecule has 8 nitrogen and oxygen atoms in total. The van der Waals surface area contributed by atoms with Crippen LogP contribution in [-0.4, -0.2) is 76.2 Å². The molecule has 2 heterocycles. The molecule has 0 radical (unpaired) electrons. The number of nitrogens with zero attached hydrogens (tertiary/aromatic N) is 4. The molecule has 0 aromatic heterocycles. The Labute approximate surface area is 189 Å². The molecule has 0 N–H and O–H groups in total. The van der Waals surface area contributed by atoms with Gasteiger partial charge in [0.1, 0.15) is 0 Å². The van der Waals surface area contributed by atoms with E-state index in [-0.39, 0.29) is 17.6 Å². The predicted octanol–water partition coefficient (Wildman–Crippen LogP) is 3.31. The molecule has 3 fully saturated rings. The van der Waals surface area contributed by atoms with Crippen LogP contribution >= 0.6 is 0 Å². The monoisotopic (exact) mass is 442 g/mol. The number of hydrogen-bond donors (Lipinski definition) is 0. The lowest BCUT2D eigenvalue weighted by molar-refractivity contribution is -0.384. The Kier molecular flexibility index (Phi) is 7.08. The molecule has 1 aromatic rings. The number of likely N-dealkylation sites (tertiary alicyclic amines) is 1. The second kappa shape index (κ2) is 9.98. The summed E-state index contributed by atoms with van der Waals surface area (Å²) >= 11 is 0. The van der Waals surface area contributed by atoms with Gasteiger partial charge in [-0.3, -0.25) is 24.6 Å². The highest BCUT2D eigenvalue weighted by Gasteiger charge is 2.40. The van der Waals surface area contributed by atoms with Crippen LogP contribution < -0.4 is 0 Å². The Morgan fingerprint density at radius 2 is 1.56 bits per heavy atom. The first kappa shape index (κ1) is 22.7. The Morgan fingerprint density at radius 1 is 0.938 bits per heavy atom. The molecule has 0 spiro atoms. The molecule has 8 heteroatoms. The molecule has 0 bridgehead atoms. The van der Waals surface area contributed by atoms with Crippen molar-refractivity contribution in [3.05, 3.63) is 39.9 Å². The third-order valence-electron chi connectivity index (χ3n) is 7.51. The van der Waals surface area contributed by atoms with Crippen LogP contribution in [0.5, 0.6) is 0 Å². The van der Waals surface area contributed by atoms with Crippen molar-refractivity contribution in [3.63, 3.8) is 0 Å². The maximum Gasteiger partial charge on any atom is 0.269 e. The first-order valence-electron chi connectivity index (χ1n) is 12.0. The normalized spacial score (nSPS) is 23.8. The molecule has 1 saturated carbocycles. The fourth-order valence-electron chi connectivity index (χ4n) is 5.64. The van der Waals surface area contributed by atoms with Crippen molar-refractivity contribution in [1.82, 2.24) is 14.7 Å². The van der Waals surface area contributed by atoms with Crippen LogP contribution in [0.2, 0.25) is 0 Å². The number of carbonyl (C=O) groups excluding carboxylic acids is 2. The summed E-state index contributed by atoms with van der Waals surface area (Å²) in [4.78, 5) is 43.2. The maximum atomic E-state index is 13.7. The summed E-state index contributed by atoms with van der Waals surface area (Å²) < 4.78 is 0. The number of non-ortho nitro benzene ring substituents is 1. The van der Waals surface area contributed by atoms with Gasteiger partial charge in [0, 0.05) is 56.5 Å². The fourth-order valence-corrected chi connectivity index (χ4v) is 5.64. The minimum absolute atomic E-state index is 0.0174. The second-order valence-corrected chi connectivity index (χ2v) is 9.50. The van der Waals surface area contributed by atoms with Gasteiger partial charge in [-0.15, -0.1) is 0 Å². The lowest BCUT2D eigenvalue weighted by Crippen LogP contribution is -2.60. The van der Waals surface area contributed by atoms with Crippen LogP contribution in [0.15, 0.2) is 24.3 Å². The molecular formula is C24H34N4O4. The first-order valence-corrected chi connectivity index (χ1v) is 12.0. The summed E-state index contributed by atoms with van der Waals surface area (Å²) in [5.41, 5.74) is 0.450. The zero-order chi connectivity index (χ0) is 22.7. The number of hydrogen-bond acceptors (Lipinski definition) is 5. The van der Waals surface area contributed by atoms with Crippen molar-refractivity contribution in [1.29, 1.82) is 0 Å².